The number of rotatable bonds is 5. The number of hydrogen-bond donors (Lipinski definition) is 0. The van der Waals surface area contributed by atoms with E-state index in [2.05, 4.69) is 0 Å². The van der Waals surface area contributed by atoms with Crippen molar-refractivity contribution in [1.29, 1.82) is 0 Å². The van der Waals surface area contributed by atoms with Crippen molar-refractivity contribution in [3.8, 4) is 0 Å². The number of halogens is 4. The molecule has 0 spiro atoms. The van der Waals surface area contributed by atoms with Crippen LogP contribution in [0.2, 0.25) is 5.02 Å². The van der Waals surface area contributed by atoms with E-state index in [9.17, 15) is 18.0 Å². The number of benzene rings is 1. The van der Waals surface area contributed by atoms with E-state index in [0.717, 1.165) is 5.56 Å². The van der Waals surface area contributed by atoms with Gasteiger partial charge < -0.3 is 9.64 Å². The van der Waals surface area contributed by atoms with Gasteiger partial charge in [-0.25, -0.2) is 0 Å². The molecule has 0 bridgehead atoms. The van der Waals surface area contributed by atoms with Gasteiger partial charge in [-0.2, -0.15) is 24.9 Å². The molecule has 3 nitrogen and oxygen atoms in total. The van der Waals surface area contributed by atoms with Gasteiger partial charge in [0, 0.05) is 15.5 Å². The molecule has 0 N–H and O–H groups in total. The molecule has 1 aliphatic heterocycles. The van der Waals surface area contributed by atoms with Crippen LogP contribution in [0.15, 0.2) is 24.3 Å². The molecule has 26 heavy (non-hydrogen) atoms. The van der Waals surface area contributed by atoms with Crippen LogP contribution in [0.4, 0.5) is 13.2 Å². The van der Waals surface area contributed by atoms with Crippen LogP contribution in [0.5, 0.6) is 0 Å². The van der Waals surface area contributed by atoms with Crippen LogP contribution < -0.4 is 0 Å². The number of carbonyl (C=O) groups excluding carboxylic acids is 1. The SMILES string of the molecule is CC(C)(C)SCC(CC(F)(F)F)N1C(=O)COCC1c1ccc(Cl)cc1. The fourth-order valence-corrected chi connectivity index (χ4v) is 3.93. The summed E-state index contributed by atoms with van der Waals surface area (Å²) in [6.07, 6.45) is -5.39. The van der Waals surface area contributed by atoms with Gasteiger partial charge >= 0.3 is 6.18 Å². The number of hydrogen-bond acceptors (Lipinski definition) is 3. The first-order valence-electron chi connectivity index (χ1n) is 8.31. The van der Waals surface area contributed by atoms with E-state index in [1.54, 1.807) is 24.3 Å². The van der Waals surface area contributed by atoms with E-state index >= 15 is 0 Å². The van der Waals surface area contributed by atoms with Crippen LogP contribution in [-0.2, 0) is 9.53 Å². The third kappa shape index (κ3) is 6.35. The standard InChI is InChI=1S/C18H23ClF3NO2S/c1-17(2,3)26-11-14(8-18(20,21)22)23-15(9-25-10-16(23)24)12-4-6-13(19)7-5-12/h4-7,14-15H,8-11H2,1-3H3. The number of morpholine rings is 1. The Balaban J connectivity index is 2.32. The van der Waals surface area contributed by atoms with Crippen molar-refractivity contribution < 1.29 is 22.7 Å². The van der Waals surface area contributed by atoms with Gasteiger partial charge in [0.1, 0.15) is 6.61 Å². The Morgan fingerprint density at radius 1 is 1.27 bits per heavy atom. The summed E-state index contributed by atoms with van der Waals surface area (Å²) in [5, 5.41) is 0.526. The average Bonchev–Trinajstić information content (AvgIpc) is 2.50. The predicted octanol–water partition coefficient (Wildman–Crippen LogP) is 5.09. The van der Waals surface area contributed by atoms with Crippen molar-refractivity contribution >= 4 is 29.3 Å². The van der Waals surface area contributed by atoms with E-state index in [4.69, 9.17) is 16.3 Å². The van der Waals surface area contributed by atoms with E-state index < -0.39 is 30.6 Å². The predicted molar refractivity (Wildman–Crippen MR) is 98.5 cm³/mol. The fourth-order valence-electron chi connectivity index (χ4n) is 2.84. The molecule has 146 valence electrons. The Labute approximate surface area is 161 Å². The van der Waals surface area contributed by atoms with Crippen molar-refractivity contribution in [2.75, 3.05) is 19.0 Å². The van der Waals surface area contributed by atoms with Gasteiger partial charge in [-0.1, -0.05) is 44.5 Å². The van der Waals surface area contributed by atoms with Gasteiger partial charge in [-0.05, 0) is 17.7 Å². The fraction of sp³-hybridized carbons (Fsp3) is 0.611. The maximum atomic E-state index is 13.2. The third-order valence-corrected chi connectivity index (χ3v) is 5.62. The first-order chi connectivity index (χ1) is 12.0. The zero-order chi connectivity index (χ0) is 19.5. The lowest BCUT2D eigenvalue weighted by atomic mass is 10.0. The van der Waals surface area contributed by atoms with Gasteiger partial charge in [0.2, 0.25) is 5.91 Å². The quantitative estimate of drug-likeness (QED) is 0.678. The second kappa shape index (κ2) is 8.40. The molecule has 8 heteroatoms. The summed E-state index contributed by atoms with van der Waals surface area (Å²) in [4.78, 5) is 13.9. The van der Waals surface area contributed by atoms with Crippen molar-refractivity contribution in [2.45, 2.75) is 50.2 Å². The first kappa shape index (κ1) is 21.4. The Hall–Kier alpha value is -0.920. The van der Waals surface area contributed by atoms with E-state index in [1.165, 1.54) is 16.7 Å². The summed E-state index contributed by atoms with van der Waals surface area (Å²) >= 11 is 7.32. The third-order valence-electron chi connectivity index (χ3n) is 3.95. The lowest BCUT2D eigenvalue weighted by molar-refractivity contribution is -0.167. The number of thioether (sulfide) groups is 1. The molecule has 0 aromatic heterocycles. The zero-order valence-electron chi connectivity index (χ0n) is 15.0. The number of nitrogens with zero attached hydrogens (tertiary/aromatic N) is 1. The van der Waals surface area contributed by atoms with Crippen LogP contribution in [0.1, 0.15) is 38.8 Å². The van der Waals surface area contributed by atoms with Crippen molar-refractivity contribution in [3.63, 3.8) is 0 Å². The van der Waals surface area contributed by atoms with Gasteiger partial charge in [0.05, 0.1) is 25.1 Å². The summed E-state index contributed by atoms with van der Waals surface area (Å²) in [7, 11) is 0. The Morgan fingerprint density at radius 2 is 1.88 bits per heavy atom. The summed E-state index contributed by atoms with van der Waals surface area (Å²) in [5.41, 5.74) is 0.718. The van der Waals surface area contributed by atoms with E-state index in [-0.39, 0.29) is 23.7 Å². The highest BCUT2D eigenvalue weighted by Gasteiger charge is 2.41. The van der Waals surface area contributed by atoms with E-state index in [1.807, 2.05) is 20.8 Å². The second-order valence-electron chi connectivity index (χ2n) is 7.28. The van der Waals surface area contributed by atoms with Crippen molar-refractivity contribution in [1.82, 2.24) is 4.90 Å². The molecule has 2 rings (SSSR count). The average molecular weight is 410 g/mol. The summed E-state index contributed by atoms with van der Waals surface area (Å²) in [6.45, 7) is 5.81. The molecule has 2 atom stereocenters. The lowest BCUT2D eigenvalue weighted by Crippen LogP contribution is -2.52. The maximum Gasteiger partial charge on any atom is 0.391 e. The molecule has 1 aromatic carbocycles. The lowest BCUT2D eigenvalue weighted by Gasteiger charge is -2.42. The molecule has 2 unspecified atom stereocenters. The molecule has 1 saturated heterocycles. The highest BCUT2D eigenvalue weighted by atomic mass is 35.5. The highest BCUT2D eigenvalue weighted by molar-refractivity contribution is 8.00. The first-order valence-corrected chi connectivity index (χ1v) is 9.68. The smallest absolute Gasteiger partial charge is 0.369 e. The summed E-state index contributed by atoms with van der Waals surface area (Å²) < 4.78 is 44.7. The summed E-state index contributed by atoms with van der Waals surface area (Å²) in [5.74, 6) is -0.210. The minimum Gasteiger partial charge on any atom is -0.369 e. The van der Waals surface area contributed by atoms with Gasteiger partial charge in [-0.3, -0.25) is 4.79 Å². The molecule has 1 fully saturated rings. The molecule has 0 radical (unpaired) electrons. The zero-order valence-corrected chi connectivity index (χ0v) is 16.5. The molecule has 0 aliphatic carbocycles. The van der Waals surface area contributed by atoms with E-state index in [0.29, 0.717) is 5.02 Å². The van der Waals surface area contributed by atoms with Gasteiger partial charge in [0.15, 0.2) is 0 Å². The highest BCUT2D eigenvalue weighted by Crippen LogP contribution is 2.36. The largest absolute Gasteiger partial charge is 0.391 e. The molecular weight excluding hydrogens is 387 g/mol. The van der Waals surface area contributed by atoms with Crippen LogP contribution >= 0.6 is 23.4 Å². The minimum absolute atomic E-state index is 0.169. The Morgan fingerprint density at radius 3 is 2.42 bits per heavy atom. The summed E-state index contributed by atoms with van der Waals surface area (Å²) in [6, 6.07) is 5.28. The van der Waals surface area contributed by atoms with Crippen molar-refractivity contribution in [2.24, 2.45) is 0 Å². The Kier molecular flexibility index (Phi) is 6.91. The number of ether oxygens (including phenoxy) is 1. The number of carbonyl (C=O) groups is 1. The molecular formula is C18H23ClF3NO2S. The number of amides is 1. The van der Waals surface area contributed by atoms with Crippen LogP contribution in [0, 0.1) is 0 Å². The van der Waals surface area contributed by atoms with Crippen LogP contribution in [-0.4, -0.2) is 46.7 Å². The monoisotopic (exact) mass is 409 g/mol. The van der Waals surface area contributed by atoms with Crippen molar-refractivity contribution in [3.05, 3.63) is 34.9 Å². The van der Waals surface area contributed by atoms with Gasteiger partial charge in [-0.15, -0.1) is 0 Å². The Bertz CT molecular complexity index is 616. The molecule has 0 saturated carbocycles. The number of alkyl halides is 3. The second-order valence-corrected chi connectivity index (χ2v) is 9.56. The maximum absolute atomic E-state index is 13.2. The minimum atomic E-state index is -4.35. The molecule has 1 aromatic rings. The topological polar surface area (TPSA) is 29.5 Å². The normalized spacial score (nSPS) is 20.3. The van der Waals surface area contributed by atoms with Crippen LogP contribution in [0.25, 0.3) is 0 Å². The van der Waals surface area contributed by atoms with Gasteiger partial charge in [0.25, 0.3) is 0 Å². The molecule has 1 aliphatic rings. The van der Waals surface area contributed by atoms with Crippen LogP contribution in [0.3, 0.4) is 0 Å². The molecule has 1 amide bonds. The molecule has 1 heterocycles.